The zero-order valence-corrected chi connectivity index (χ0v) is 9.07. The summed E-state index contributed by atoms with van der Waals surface area (Å²) in [5.41, 5.74) is 6.57. The molecule has 15 heavy (non-hydrogen) atoms. The Balaban J connectivity index is 2.59. The third kappa shape index (κ3) is 1.64. The van der Waals surface area contributed by atoms with E-state index < -0.39 is 5.60 Å². The van der Waals surface area contributed by atoms with Gasteiger partial charge in [-0.1, -0.05) is 12.1 Å². The molecule has 1 aromatic heterocycles. The first-order valence-corrected chi connectivity index (χ1v) is 5.02. The quantitative estimate of drug-likeness (QED) is 0.775. The fourth-order valence-electron chi connectivity index (χ4n) is 1.72. The van der Waals surface area contributed by atoms with E-state index in [9.17, 15) is 5.11 Å². The van der Waals surface area contributed by atoms with E-state index in [4.69, 9.17) is 5.73 Å². The minimum absolute atomic E-state index is 0.225. The molecule has 2 aromatic rings. The highest BCUT2D eigenvalue weighted by atomic mass is 16.3. The highest BCUT2D eigenvalue weighted by molar-refractivity contribution is 5.80. The monoisotopic (exact) mass is 204 g/mol. The summed E-state index contributed by atoms with van der Waals surface area (Å²) < 4.78 is 2.03. The van der Waals surface area contributed by atoms with E-state index in [0.717, 1.165) is 11.1 Å². The van der Waals surface area contributed by atoms with Gasteiger partial charge in [-0.05, 0) is 30.0 Å². The molecule has 80 valence electrons. The normalized spacial score (nSPS) is 15.5. The summed E-state index contributed by atoms with van der Waals surface area (Å²) >= 11 is 0. The minimum Gasteiger partial charge on any atom is -0.384 e. The fraction of sp³-hybridized carbons (Fsp3) is 0.333. The molecule has 0 radical (unpaired) electrons. The lowest BCUT2D eigenvalue weighted by atomic mass is 9.95. The maximum Gasteiger partial charge on any atom is 0.0990 e. The number of nitrogens with two attached hydrogens (primary N) is 1. The van der Waals surface area contributed by atoms with E-state index in [-0.39, 0.29) is 6.54 Å². The fourth-order valence-corrected chi connectivity index (χ4v) is 1.72. The third-order valence-electron chi connectivity index (χ3n) is 2.91. The maximum absolute atomic E-state index is 10.0. The molecular formula is C12H16N2O. The average Bonchev–Trinajstić information content (AvgIpc) is 2.60. The zero-order valence-electron chi connectivity index (χ0n) is 9.07. The molecule has 1 heterocycles. The van der Waals surface area contributed by atoms with Crippen molar-refractivity contribution in [2.24, 2.45) is 12.8 Å². The molecule has 1 atom stereocenters. The number of nitrogens with zero attached hydrogens (tertiary/aromatic N) is 1. The number of hydrogen-bond acceptors (Lipinski definition) is 2. The van der Waals surface area contributed by atoms with E-state index in [1.165, 1.54) is 5.39 Å². The van der Waals surface area contributed by atoms with Crippen LogP contribution in [-0.2, 0) is 12.6 Å². The van der Waals surface area contributed by atoms with Crippen molar-refractivity contribution in [2.75, 3.05) is 6.54 Å². The first-order chi connectivity index (χ1) is 7.04. The number of rotatable bonds is 2. The molecule has 0 fully saturated rings. The Morgan fingerprint density at radius 1 is 1.40 bits per heavy atom. The van der Waals surface area contributed by atoms with Crippen LogP contribution in [0.15, 0.2) is 30.5 Å². The summed E-state index contributed by atoms with van der Waals surface area (Å²) in [6.07, 6.45) is 2.01. The summed E-state index contributed by atoms with van der Waals surface area (Å²) in [6.45, 7) is 1.96. The second-order valence-corrected chi connectivity index (χ2v) is 4.18. The molecule has 0 spiro atoms. The molecule has 0 aliphatic heterocycles. The van der Waals surface area contributed by atoms with Crippen molar-refractivity contribution in [3.8, 4) is 0 Å². The van der Waals surface area contributed by atoms with Gasteiger partial charge in [-0.2, -0.15) is 0 Å². The van der Waals surface area contributed by atoms with E-state index in [1.807, 2.05) is 36.0 Å². The van der Waals surface area contributed by atoms with Gasteiger partial charge in [0.15, 0.2) is 0 Å². The van der Waals surface area contributed by atoms with Gasteiger partial charge in [-0.15, -0.1) is 0 Å². The third-order valence-corrected chi connectivity index (χ3v) is 2.91. The van der Waals surface area contributed by atoms with Crippen LogP contribution in [0.4, 0.5) is 0 Å². The Bertz CT molecular complexity index is 485. The Morgan fingerprint density at radius 2 is 2.13 bits per heavy atom. The number of aromatic nitrogens is 1. The molecule has 0 saturated carbocycles. The maximum atomic E-state index is 10.0. The molecule has 3 nitrogen and oxygen atoms in total. The molecule has 0 aliphatic carbocycles. The van der Waals surface area contributed by atoms with Crippen molar-refractivity contribution in [3.05, 3.63) is 36.0 Å². The first-order valence-electron chi connectivity index (χ1n) is 5.02. The van der Waals surface area contributed by atoms with Crippen molar-refractivity contribution in [1.82, 2.24) is 4.57 Å². The highest BCUT2D eigenvalue weighted by Gasteiger charge is 2.21. The summed E-state index contributed by atoms with van der Waals surface area (Å²) in [4.78, 5) is 0. The number of fused-ring (bicyclic) bond motifs is 1. The van der Waals surface area contributed by atoms with Gasteiger partial charge in [-0.3, -0.25) is 0 Å². The van der Waals surface area contributed by atoms with Gasteiger partial charge >= 0.3 is 0 Å². The Hall–Kier alpha value is -1.32. The van der Waals surface area contributed by atoms with Crippen molar-refractivity contribution < 1.29 is 5.11 Å². The van der Waals surface area contributed by atoms with Crippen molar-refractivity contribution in [1.29, 1.82) is 0 Å². The van der Waals surface area contributed by atoms with Crippen LogP contribution < -0.4 is 5.73 Å². The Kier molecular flexibility index (Phi) is 2.29. The predicted octanol–water partition coefficient (Wildman–Crippen LogP) is 1.34. The van der Waals surface area contributed by atoms with Crippen LogP contribution in [0.5, 0.6) is 0 Å². The van der Waals surface area contributed by atoms with E-state index in [1.54, 1.807) is 6.92 Å². The molecule has 0 aliphatic rings. The van der Waals surface area contributed by atoms with Crippen LogP contribution in [0.1, 0.15) is 12.5 Å². The minimum atomic E-state index is -0.946. The van der Waals surface area contributed by atoms with Crippen LogP contribution >= 0.6 is 0 Å². The van der Waals surface area contributed by atoms with Crippen molar-refractivity contribution in [3.63, 3.8) is 0 Å². The standard InChI is InChI=1S/C12H16N2O/c1-12(15,8-13)10-4-3-9-5-6-14(2)11(9)7-10/h3-7,15H,8,13H2,1-2H3. The molecule has 2 rings (SSSR count). The second kappa shape index (κ2) is 3.36. The van der Waals surface area contributed by atoms with Gasteiger partial charge in [0.05, 0.1) is 5.60 Å². The van der Waals surface area contributed by atoms with Crippen LogP contribution in [0.2, 0.25) is 0 Å². The Morgan fingerprint density at radius 3 is 2.80 bits per heavy atom. The molecule has 0 amide bonds. The van der Waals surface area contributed by atoms with Crippen LogP contribution in [-0.4, -0.2) is 16.2 Å². The lowest BCUT2D eigenvalue weighted by Gasteiger charge is -2.21. The largest absolute Gasteiger partial charge is 0.384 e. The Labute approximate surface area is 89.1 Å². The number of aryl methyl sites for hydroxylation is 1. The number of aliphatic hydroxyl groups is 1. The SMILES string of the molecule is Cn1ccc2ccc(C(C)(O)CN)cc21. The van der Waals surface area contributed by atoms with Crippen LogP contribution in [0.25, 0.3) is 10.9 Å². The molecule has 3 N–H and O–H groups in total. The molecule has 0 saturated heterocycles. The smallest absolute Gasteiger partial charge is 0.0990 e. The van der Waals surface area contributed by atoms with Gasteiger partial charge < -0.3 is 15.4 Å². The predicted molar refractivity (Wildman–Crippen MR) is 61.5 cm³/mol. The van der Waals surface area contributed by atoms with Gasteiger partial charge in [0.2, 0.25) is 0 Å². The van der Waals surface area contributed by atoms with E-state index >= 15 is 0 Å². The highest BCUT2D eigenvalue weighted by Crippen LogP contribution is 2.24. The average molecular weight is 204 g/mol. The van der Waals surface area contributed by atoms with Gasteiger partial charge in [0.25, 0.3) is 0 Å². The number of hydrogen-bond donors (Lipinski definition) is 2. The molecular weight excluding hydrogens is 188 g/mol. The first kappa shape index (κ1) is 10.2. The lowest BCUT2D eigenvalue weighted by molar-refractivity contribution is 0.0669. The molecule has 1 unspecified atom stereocenters. The summed E-state index contributed by atoms with van der Waals surface area (Å²) in [5, 5.41) is 11.2. The molecule has 1 aromatic carbocycles. The number of benzene rings is 1. The van der Waals surface area contributed by atoms with Gasteiger partial charge in [0.1, 0.15) is 0 Å². The van der Waals surface area contributed by atoms with Gasteiger partial charge in [0, 0.05) is 25.3 Å². The summed E-state index contributed by atoms with van der Waals surface area (Å²) in [5.74, 6) is 0. The summed E-state index contributed by atoms with van der Waals surface area (Å²) in [6, 6.07) is 7.97. The van der Waals surface area contributed by atoms with Crippen LogP contribution in [0.3, 0.4) is 0 Å². The van der Waals surface area contributed by atoms with Crippen molar-refractivity contribution in [2.45, 2.75) is 12.5 Å². The second-order valence-electron chi connectivity index (χ2n) is 4.18. The van der Waals surface area contributed by atoms with E-state index in [0.29, 0.717) is 0 Å². The lowest BCUT2D eigenvalue weighted by Crippen LogP contribution is -2.31. The van der Waals surface area contributed by atoms with Crippen LogP contribution in [0, 0.1) is 0 Å². The zero-order chi connectivity index (χ0) is 11.1. The van der Waals surface area contributed by atoms with Crippen molar-refractivity contribution >= 4 is 10.9 Å². The summed E-state index contributed by atoms with van der Waals surface area (Å²) in [7, 11) is 1.99. The molecule has 3 heteroatoms. The van der Waals surface area contributed by atoms with E-state index in [2.05, 4.69) is 6.07 Å². The molecule has 0 bridgehead atoms. The van der Waals surface area contributed by atoms with Gasteiger partial charge in [-0.25, -0.2) is 0 Å². The topological polar surface area (TPSA) is 51.2 Å².